The van der Waals surface area contributed by atoms with Crippen molar-refractivity contribution in [3.8, 4) is 0 Å². The summed E-state index contributed by atoms with van der Waals surface area (Å²) in [5.74, 6) is 0.452. The van der Waals surface area contributed by atoms with E-state index < -0.39 is 10.0 Å². The molecule has 0 aromatic carbocycles. The predicted molar refractivity (Wildman–Crippen MR) is 76.7 cm³/mol. The average molecular weight is 303 g/mol. The summed E-state index contributed by atoms with van der Waals surface area (Å²) in [4.78, 5) is 0.717. The molecular weight excluding hydrogens is 282 g/mol. The number of thiophene rings is 1. The molecular formula is C13H21NO3S2. The fraction of sp³-hybridized carbons (Fsp3) is 0.692. The number of aryl methyl sites for hydroxylation is 1. The second kappa shape index (κ2) is 5.91. The van der Waals surface area contributed by atoms with Gasteiger partial charge in [-0.3, -0.25) is 0 Å². The Labute approximate surface area is 118 Å². The summed E-state index contributed by atoms with van der Waals surface area (Å²) in [5, 5.41) is 9.15. The lowest BCUT2D eigenvalue weighted by Crippen LogP contribution is -2.36. The van der Waals surface area contributed by atoms with Crippen LogP contribution in [-0.4, -0.2) is 19.6 Å². The maximum Gasteiger partial charge on any atom is 0.250 e. The molecule has 0 spiro atoms. The molecule has 2 rings (SSSR count). The Morgan fingerprint density at radius 1 is 1.47 bits per heavy atom. The zero-order valence-corrected chi connectivity index (χ0v) is 13.0. The van der Waals surface area contributed by atoms with Crippen LogP contribution in [0.5, 0.6) is 0 Å². The van der Waals surface area contributed by atoms with Crippen LogP contribution < -0.4 is 4.72 Å². The maximum absolute atomic E-state index is 12.3. The molecule has 1 heterocycles. The number of hydrogen-bond donors (Lipinski definition) is 2. The third kappa shape index (κ3) is 3.37. The molecule has 1 fully saturated rings. The van der Waals surface area contributed by atoms with Crippen LogP contribution >= 0.6 is 11.3 Å². The molecule has 1 aromatic heterocycles. The highest BCUT2D eigenvalue weighted by Crippen LogP contribution is 2.30. The minimum absolute atomic E-state index is 0.0208. The van der Waals surface area contributed by atoms with Gasteiger partial charge in [-0.15, -0.1) is 11.3 Å². The van der Waals surface area contributed by atoms with Crippen molar-refractivity contribution in [1.29, 1.82) is 0 Å². The minimum atomic E-state index is -3.45. The summed E-state index contributed by atoms with van der Waals surface area (Å²) >= 11 is 1.15. The molecule has 1 saturated carbocycles. The monoisotopic (exact) mass is 303 g/mol. The number of aliphatic hydroxyl groups is 1. The predicted octanol–water partition coefficient (Wildman–Crippen LogP) is 2.41. The number of nitrogens with one attached hydrogen (secondary N) is 1. The number of rotatable bonds is 5. The lowest BCUT2D eigenvalue weighted by atomic mass is 10.0. The van der Waals surface area contributed by atoms with Crippen LogP contribution in [0.3, 0.4) is 0 Å². The second-order valence-corrected chi connectivity index (χ2v) is 8.36. The third-order valence-corrected chi connectivity index (χ3v) is 7.11. The number of sulfonamides is 1. The number of aliphatic hydroxyl groups excluding tert-OH is 1. The molecule has 19 heavy (non-hydrogen) atoms. The van der Waals surface area contributed by atoms with Gasteiger partial charge in [0.25, 0.3) is 0 Å². The van der Waals surface area contributed by atoms with E-state index >= 15 is 0 Å². The van der Waals surface area contributed by atoms with Gasteiger partial charge in [0.05, 0.1) is 6.61 Å². The van der Waals surface area contributed by atoms with Crippen LogP contribution in [0.25, 0.3) is 0 Å². The Balaban J connectivity index is 2.12. The van der Waals surface area contributed by atoms with Crippen LogP contribution in [-0.2, 0) is 16.6 Å². The van der Waals surface area contributed by atoms with E-state index in [1.807, 2.05) is 13.8 Å². The van der Waals surface area contributed by atoms with E-state index in [0.717, 1.165) is 29.7 Å². The van der Waals surface area contributed by atoms with Gasteiger partial charge in [-0.2, -0.15) is 0 Å². The quantitative estimate of drug-likeness (QED) is 0.878. The molecule has 6 heteroatoms. The smallest absolute Gasteiger partial charge is 0.250 e. The summed E-state index contributed by atoms with van der Waals surface area (Å²) in [6, 6.07) is 1.62. The Morgan fingerprint density at radius 3 is 2.63 bits per heavy atom. The molecule has 0 radical (unpaired) electrons. The van der Waals surface area contributed by atoms with E-state index in [2.05, 4.69) is 4.72 Å². The van der Waals surface area contributed by atoms with Crippen LogP contribution in [0.15, 0.2) is 10.3 Å². The maximum atomic E-state index is 12.3. The van der Waals surface area contributed by atoms with Gasteiger partial charge in [0, 0.05) is 10.9 Å². The van der Waals surface area contributed by atoms with Gasteiger partial charge in [0.1, 0.15) is 4.21 Å². The van der Waals surface area contributed by atoms with Gasteiger partial charge in [-0.25, -0.2) is 13.1 Å². The van der Waals surface area contributed by atoms with Gasteiger partial charge >= 0.3 is 0 Å². The molecule has 1 atom stereocenters. The van der Waals surface area contributed by atoms with Crippen LogP contribution in [0, 0.1) is 12.8 Å². The first-order chi connectivity index (χ1) is 8.94. The topological polar surface area (TPSA) is 66.4 Å². The van der Waals surface area contributed by atoms with Gasteiger partial charge in [-0.05, 0) is 44.2 Å². The Bertz CT molecular complexity index is 530. The first-order valence-electron chi connectivity index (χ1n) is 6.66. The molecule has 1 aliphatic rings. The molecule has 0 saturated heterocycles. The summed E-state index contributed by atoms with van der Waals surface area (Å²) < 4.78 is 27.7. The van der Waals surface area contributed by atoms with Crippen molar-refractivity contribution in [2.45, 2.75) is 56.4 Å². The van der Waals surface area contributed by atoms with E-state index in [-0.39, 0.29) is 12.6 Å². The molecule has 2 N–H and O–H groups in total. The van der Waals surface area contributed by atoms with Crippen molar-refractivity contribution in [2.24, 2.45) is 5.92 Å². The molecule has 4 nitrogen and oxygen atoms in total. The Kier molecular flexibility index (Phi) is 4.66. The van der Waals surface area contributed by atoms with E-state index in [4.69, 9.17) is 5.11 Å². The molecule has 1 aliphatic carbocycles. The van der Waals surface area contributed by atoms with Crippen molar-refractivity contribution >= 4 is 21.4 Å². The third-order valence-electron chi connectivity index (χ3n) is 3.85. The summed E-state index contributed by atoms with van der Waals surface area (Å²) in [7, 11) is -3.45. The normalized spacial score (nSPS) is 18.9. The Hall–Kier alpha value is -0.430. The molecule has 1 unspecified atom stereocenters. The van der Waals surface area contributed by atoms with E-state index in [1.165, 1.54) is 12.8 Å². The zero-order chi connectivity index (χ0) is 14.0. The standard InChI is InChI=1S/C13H21NO3S2/c1-9-7-13(18-12(9)8-15)19(16,17)14-10(2)11-5-3-4-6-11/h7,10-11,14-15H,3-6,8H2,1-2H3. The van der Waals surface area contributed by atoms with Gasteiger partial charge in [0.15, 0.2) is 0 Å². The summed E-state index contributed by atoms with van der Waals surface area (Å²) in [6.07, 6.45) is 4.61. The van der Waals surface area contributed by atoms with E-state index in [0.29, 0.717) is 15.0 Å². The molecule has 0 aliphatic heterocycles. The van der Waals surface area contributed by atoms with E-state index in [9.17, 15) is 8.42 Å². The number of hydrogen-bond acceptors (Lipinski definition) is 4. The van der Waals surface area contributed by atoms with Crippen LogP contribution in [0.2, 0.25) is 0 Å². The van der Waals surface area contributed by atoms with Crippen molar-refractivity contribution in [3.63, 3.8) is 0 Å². The first kappa shape index (κ1) is 15.0. The summed E-state index contributed by atoms with van der Waals surface area (Å²) in [5.41, 5.74) is 0.835. The summed E-state index contributed by atoms with van der Waals surface area (Å²) in [6.45, 7) is 3.66. The molecule has 0 amide bonds. The lowest BCUT2D eigenvalue weighted by molar-refractivity contribution is 0.285. The van der Waals surface area contributed by atoms with E-state index in [1.54, 1.807) is 6.07 Å². The first-order valence-corrected chi connectivity index (χ1v) is 8.96. The highest BCUT2D eigenvalue weighted by atomic mass is 32.2. The van der Waals surface area contributed by atoms with Gasteiger partial charge in [-0.1, -0.05) is 12.8 Å². The van der Waals surface area contributed by atoms with Gasteiger partial charge in [0.2, 0.25) is 10.0 Å². The lowest BCUT2D eigenvalue weighted by Gasteiger charge is -2.19. The molecule has 1 aromatic rings. The minimum Gasteiger partial charge on any atom is -0.391 e. The van der Waals surface area contributed by atoms with Crippen LogP contribution in [0.1, 0.15) is 43.0 Å². The SMILES string of the molecule is Cc1cc(S(=O)(=O)NC(C)C2CCCC2)sc1CO. The van der Waals surface area contributed by atoms with Crippen molar-refractivity contribution in [1.82, 2.24) is 4.72 Å². The fourth-order valence-electron chi connectivity index (χ4n) is 2.63. The van der Waals surface area contributed by atoms with Crippen molar-refractivity contribution < 1.29 is 13.5 Å². The highest BCUT2D eigenvalue weighted by Gasteiger charge is 2.27. The van der Waals surface area contributed by atoms with Gasteiger partial charge < -0.3 is 5.11 Å². The Morgan fingerprint density at radius 2 is 2.11 bits per heavy atom. The van der Waals surface area contributed by atoms with Crippen molar-refractivity contribution in [2.75, 3.05) is 0 Å². The second-order valence-electron chi connectivity index (χ2n) is 5.28. The largest absolute Gasteiger partial charge is 0.391 e. The zero-order valence-electron chi connectivity index (χ0n) is 11.3. The molecule has 0 bridgehead atoms. The highest BCUT2D eigenvalue weighted by molar-refractivity contribution is 7.91. The van der Waals surface area contributed by atoms with Crippen LogP contribution in [0.4, 0.5) is 0 Å². The fourth-order valence-corrected chi connectivity index (χ4v) is 5.41. The van der Waals surface area contributed by atoms with Crippen molar-refractivity contribution in [3.05, 3.63) is 16.5 Å². The average Bonchev–Trinajstić information content (AvgIpc) is 2.96. The molecule has 108 valence electrons.